The Morgan fingerprint density at radius 3 is 2.20 bits per heavy atom. The third-order valence-corrected chi connectivity index (χ3v) is 4.50. The van der Waals surface area contributed by atoms with Gasteiger partial charge in [0.25, 0.3) is 0 Å². The number of para-hydroxylation sites is 1. The van der Waals surface area contributed by atoms with Gasteiger partial charge in [-0.2, -0.15) is 21.6 Å². The highest BCUT2D eigenvalue weighted by molar-refractivity contribution is 7.87. The minimum Gasteiger partial charge on any atom is -0.481 e. The number of rotatable bonds is 6. The fourth-order valence-corrected chi connectivity index (χ4v) is 2.97. The minimum absolute atomic E-state index is 0.0496. The van der Waals surface area contributed by atoms with E-state index in [1.807, 2.05) is 0 Å². The Morgan fingerprint density at radius 2 is 1.64 bits per heavy atom. The van der Waals surface area contributed by atoms with Gasteiger partial charge < -0.3 is 9.29 Å². The SMILES string of the molecule is O=C(O)CCc1ccccc1OS(=O)(=O)c1ccc(C(F)(F)F)cc1. The zero-order valence-corrected chi connectivity index (χ0v) is 13.5. The number of benzene rings is 2. The van der Waals surface area contributed by atoms with Crippen LogP contribution in [0.4, 0.5) is 13.2 Å². The lowest BCUT2D eigenvalue weighted by atomic mass is 10.1. The predicted octanol–water partition coefficient (Wildman–Crippen LogP) is 3.49. The third-order valence-electron chi connectivity index (χ3n) is 3.25. The molecule has 0 saturated carbocycles. The van der Waals surface area contributed by atoms with Crippen molar-refractivity contribution in [1.29, 1.82) is 0 Å². The van der Waals surface area contributed by atoms with E-state index in [1.54, 1.807) is 6.07 Å². The summed E-state index contributed by atoms with van der Waals surface area (Å²) in [5, 5.41) is 8.72. The van der Waals surface area contributed by atoms with E-state index in [0.29, 0.717) is 17.7 Å². The van der Waals surface area contributed by atoms with Gasteiger partial charge in [-0.05, 0) is 42.3 Å². The first kappa shape index (κ1) is 18.8. The van der Waals surface area contributed by atoms with Crippen LogP contribution < -0.4 is 4.18 Å². The molecule has 0 bridgehead atoms. The molecule has 2 aromatic carbocycles. The van der Waals surface area contributed by atoms with Crippen molar-refractivity contribution >= 4 is 16.1 Å². The molecule has 0 radical (unpaired) electrons. The molecule has 0 aliphatic carbocycles. The van der Waals surface area contributed by atoms with Crippen LogP contribution in [0.15, 0.2) is 53.4 Å². The lowest BCUT2D eigenvalue weighted by Crippen LogP contribution is -2.12. The molecule has 0 aromatic heterocycles. The molecule has 134 valence electrons. The number of hydrogen-bond acceptors (Lipinski definition) is 4. The molecule has 2 aromatic rings. The van der Waals surface area contributed by atoms with Crippen LogP contribution in [0, 0.1) is 0 Å². The van der Waals surface area contributed by atoms with Crippen LogP contribution in [0.3, 0.4) is 0 Å². The number of halogens is 3. The van der Waals surface area contributed by atoms with Gasteiger partial charge in [0.15, 0.2) is 0 Å². The van der Waals surface area contributed by atoms with Crippen molar-refractivity contribution in [3.63, 3.8) is 0 Å². The van der Waals surface area contributed by atoms with Crippen LogP contribution in [-0.4, -0.2) is 19.5 Å². The fraction of sp³-hybridized carbons (Fsp3) is 0.188. The first-order valence-electron chi connectivity index (χ1n) is 7.01. The number of carboxylic acids is 1. The molecule has 0 spiro atoms. The molecule has 5 nitrogen and oxygen atoms in total. The van der Waals surface area contributed by atoms with Gasteiger partial charge in [-0.15, -0.1) is 0 Å². The van der Waals surface area contributed by atoms with Crippen molar-refractivity contribution < 1.29 is 35.7 Å². The largest absolute Gasteiger partial charge is 0.481 e. The molecule has 9 heteroatoms. The van der Waals surface area contributed by atoms with E-state index in [9.17, 15) is 26.4 Å². The summed E-state index contributed by atoms with van der Waals surface area (Å²) < 4.78 is 67.1. The highest BCUT2D eigenvalue weighted by Crippen LogP contribution is 2.30. The average molecular weight is 374 g/mol. The zero-order chi connectivity index (χ0) is 18.7. The summed E-state index contributed by atoms with van der Waals surface area (Å²) in [5.74, 6) is -1.12. The molecule has 0 unspecified atom stereocenters. The van der Waals surface area contributed by atoms with Gasteiger partial charge in [0, 0.05) is 6.42 Å². The summed E-state index contributed by atoms with van der Waals surface area (Å²) in [6.07, 6.45) is -4.75. The summed E-state index contributed by atoms with van der Waals surface area (Å²) in [6, 6.07) is 8.85. The standard InChI is InChI=1S/C16H13F3O5S/c17-16(18,19)12-6-8-13(9-7-12)25(22,23)24-14-4-2-1-3-11(14)5-10-15(20)21/h1-4,6-9H,5,10H2,(H,20,21). The Bertz CT molecular complexity index is 858. The Morgan fingerprint density at radius 1 is 1.04 bits per heavy atom. The average Bonchev–Trinajstić information content (AvgIpc) is 2.53. The molecule has 0 amide bonds. The summed E-state index contributed by atoms with van der Waals surface area (Å²) in [5.41, 5.74) is -0.617. The number of hydrogen-bond donors (Lipinski definition) is 1. The molecule has 1 N–H and O–H groups in total. The number of aryl methyl sites for hydroxylation is 1. The third kappa shape index (κ3) is 4.96. The van der Waals surface area contributed by atoms with Gasteiger partial charge in [0.1, 0.15) is 10.6 Å². The molecule has 2 rings (SSSR count). The maximum Gasteiger partial charge on any atom is 0.416 e. The summed E-state index contributed by atoms with van der Waals surface area (Å²) in [4.78, 5) is 10.2. The monoisotopic (exact) mass is 374 g/mol. The summed E-state index contributed by atoms with van der Waals surface area (Å²) in [7, 11) is -4.35. The quantitative estimate of drug-likeness (QED) is 0.783. The first-order valence-corrected chi connectivity index (χ1v) is 8.42. The lowest BCUT2D eigenvalue weighted by molar-refractivity contribution is -0.138. The van der Waals surface area contributed by atoms with Crippen molar-refractivity contribution in [3.8, 4) is 5.75 Å². The van der Waals surface area contributed by atoms with Gasteiger partial charge in [-0.1, -0.05) is 18.2 Å². The Hall–Kier alpha value is -2.55. The molecule has 0 atom stereocenters. The first-order chi connectivity index (χ1) is 11.6. The van der Waals surface area contributed by atoms with Crippen LogP contribution in [0.5, 0.6) is 5.75 Å². The molecule has 0 fully saturated rings. The Labute approximate surface area is 141 Å². The van der Waals surface area contributed by atoms with Crippen LogP contribution in [0.1, 0.15) is 17.5 Å². The van der Waals surface area contributed by atoms with Crippen LogP contribution >= 0.6 is 0 Å². The maximum atomic E-state index is 12.5. The van der Waals surface area contributed by atoms with Gasteiger partial charge in [0.05, 0.1) is 5.56 Å². The van der Waals surface area contributed by atoms with Crippen molar-refractivity contribution in [3.05, 3.63) is 59.7 Å². The number of carboxylic acid groups (broad SMARTS) is 1. The highest BCUT2D eigenvalue weighted by Gasteiger charge is 2.31. The topological polar surface area (TPSA) is 80.7 Å². The zero-order valence-electron chi connectivity index (χ0n) is 12.7. The second kappa shape index (κ2) is 7.14. The van der Waals surface area contributed by atoms with Crippen LogP contribution in [-0.2, 0) is 27.5 Å². The molecule has 25 heavy (non-hydrogen) atoms. The van der Waals surface area contributed by atoms with Crippen molar-refractivity contribution in [2.75, 3.05) is 0 Å². The van der Waals surface area contributed by atoms with Crippen molar-refractivity contribution in [1.82, 2.24) is 0 Å². The lowest BCUT2D eigenvalue weighted by Gasteiger charge is -2.12. The predicted molar refractivity (Wildman–Crippen MR) is 81.7 cm³/mol. The smallest absolute Gasteiger partial charge is 0.416 e. The van der Waals surface area contributed by atoms with Gasteiger partial charge in [0.2, 0.25) is 0 Å². The highest BCUT2D eigenvalue weighted by atomic mass is 32.2. The van der Waals surface area contributed by atoms with Gasteiger partial charge in [-0.25, -0.2) is 0 Å². The molecule has 0 heterocycles. The number of aliphatic carboxylic acids is 1. The van der Waals surface area contributed by atoms with Crippen LogP contribution in [0.2, 0.25) is 0 Å². The van der Waals surface area contributed by atoms with E-state index in [2.05, 4.69) is 0 Å². The molecular formula is C16H13F3O5S. The molecule has 0 aliphatic heterocycles. The molecule has 0 aliphatic rings. The number of alkyl halides is 3. The summed E-state index contributed by atoms with van der Waals surface area (Å²) in [6.45, 7) is 0. The van der Waals surface area contributed by atoms with E-state index in [4.69, 9.17) is 9.29 Å². The fourth-order valence-electron chi connectivity index (χ4n) is 2.01. The number of carbonyl (C=O) groups is 1. The molecular weight excluding hydrogens is 361 g/mol. The van der Waals surface area contributed by atoms with E-state index in [1.165, 1.54) is 18.2 Å². The minimum atomic E-state index is -4.58. The van der Waals surface area contributed by atoms with Gasteiger partial charge in [-0.3, -0.25) is 4.79 Å². The van der Waals surface area contributed by atoms with Gasteiger partial charge >= 0.3 is 22.3 Å². The normalized spacial score (nSPS) is 12.0. The summed E-state index contributed by atoms with van der Waals surface area (Å²) >= 11 is 0. The Kier molecular flexibility index (Phi) is 5.36. The molecule has 0 saturated heterocycles. The second-order valence-corrected chi connectivity index (χ2v) is 6.61. The van der Waals surface area contributed by atoms with Crippen molar-refractivity contribution in [2.45, 2.75) is 23.9 Å². The van der Waals surface area contributed by atoms with E-state index in [0.717, 1.165) is 12.1 Å². The van der Waals surface area contributed by atoms with E-state index in [-0.39, 0.29) is 18.6 Å². The van der Waals surface area contributed by atoms with E-state index < -0.39 is 32.7 Å². The van der Waals surface area contributed by atoms with E-state index >= 15 is 0 Å². The second-order valence-electron chi connectivity index (χ2n) is 5.06. The van der Waals surface area contributed by atoms with Crippen LogP contribution in [0.25, 0.3) is 0 Å². The Balaban J connectivity index is 2.26. The maximum absolute atomic E-state index is 12.5. The van der Waals surface area contributed by atoms with Crippen molar-refractivity contribution in [2.24, 2.45) is 0 Å².